The van der Waals surface area contributed by atoms with Gasteiger partial charge in [0.05, 0.1) is 5.60 Å². The van der Waals surface area contributed by atoms with Gasteiger partial charge in [-0.25, -0.2) is 0 Å². The normalized spacial score (nSPS) is 19.3. The molecule has 0 aromatic carbocycles. The molecule has 0 atom stereocenters. The third kappa shape index (κ3) is 3.79. The molecule has 1 N–H and O–H groups in total. The van der Waals surface area contributed by atoms with Gasteiger partial charge in [-0.1, -0.05) is 6.92 Å². The second-order valence-electron chi connectivity index (χ2n) is 3.97. The molecule has 0 radical (unpaired) electrons. The maximum Gasteiger partial charge on any atom is 0.0802 e. The molecule has 0 unspecified atom stereocenters. The van der Waals surface area contributed by atoms with Gasteiger partial charge >= 0.3 is 0 Å². The van der Waals surface area contributed by atoms with Gasteiger partial charge in [-0.15, -0.1) is 0 Å². The Bertz CT molecular complexity index is 143. The van der Waals surface area contributed by atoms with Crippen molar-refractivity contribution < 1.29 is 4.74 Å². The summed E-state index contributed by atoms with van der Waals surface area (Å²) in [5.74, 6) is 2.52. The highest BCUT2D eigenvalue weighted by Crippen LogP contribution is 2.34. The minimum atomic E-state index is 0.192. The Balaban J connectivity index is 1.92. The highest BCUT2D eigenvalue weighted by atomic mass is 32.2. The van der Waals surface area contributed by atoms with E-state index in [2.05, 4.69) is 12.2 Å². The van der Waals surface area contributed by atoms with Crippen molar-refractivity contribution in [3.8, 4) is 0 Å². The van der Waals surface area contributed by atoms with Crippen molar-refractivity contribution in [3.05, 3.63) is 0 Å². The minimum Gasteiger partial charge on any atom is -0.377 e. The van der Waals surface area contributed by atoms with Crippen LogP contribution in [0.15, 0.2) is 0 Å². The number of hydrogen-bond donors (Lipinski definition) is 1. The maximum atomic E-state index is 5.53. The van der Waals surface area contributed by atoms with E-state index >= 15 is 0 Å². The molecule has 84 valence electrons. The number of hydrogen-bond acceptors (Lipinski definition) is 3. The van der Waals surface area contributed by atoms with Gasteiger partial charge in [-0.2, -0.15) is 11.8 Å². The van der Waals surface area contributed by atoms with E-state index in [0.29, 0.717) is 0 Å². The van der Waals surface area contributed by atoms with E-state index in [1.54, 1.807) is 0 Å². The summed E-state index contributed by atoms with van der Waals surface area (Å²) in [6, 6.07) is 0. The highest BCUT2D eigenvalue weighted by molar-refractivity contribution is 7.99. The first-order chi connectivity index (χ1) is 6.83. The van der Waals surface area contributed by atoms with E-state index in [9.17, 15) is 0 Å². The SMILES string of the molecule is CCSCCCNCC1(OC)CCC1. The minimum absolute atomic E-state index is 0.192. The van der Waals surface area contributed by atoms with Crippen LogP contribution in [0, 0.1) is 0 Å². The zero-order chi connectivity index (χ0) is 10.3. The lowest BCUT2D eigenvalue weighted by atomic mass is 9.80. The van der Waals surface area contributed by atoms with Crippen molar-refractivity contribution in [2.45, 2.75) is 38.2 Å². The largest absolute Gasteiger partial charge is 0.377 e. The van der Waals surface area contributed by atoms with Crippen molar-refractivity contribution in [2.75, 3.05) is 31.7 Å². The Morgan fingerprint density at radius 1 is 1.43 bits per heavy atom. The molecule has 1 aliphatic rings. The molecule has 1 saturated carbocycles. The summed E-state index contributed by atoms with van der Waals surface area (Å²) < 4.78 is 5.53. The summed E-state index contributed by atoms with van der Waals surface area (Å²) in [5, 5.41) is 3.50. The predicted octanol–water partition coefficient (Wildman–Crippen LogP) is 2.29. The zero-order valence-corrected chi connectivity index (χ0v) is 10.3. The molecular formula is C11H23NOS. The second kappa shape index (κ2) is 6.70. The fourth-order valence-corrected chi connectivity index (χ4v) is 2.42. The van der Waals surface area contributed by atoms with Crippen molar-refractivity contribution in [2.24, 2.45) is 0 Å². The third-order valence-electron chi connectivity index (χ3n) is 2.99. The summed E-state index contributed by atoms with van der Waals surface area (Å²) in [5.41, 5.74) is 0.192. The molecule has 2 nitrogen and oxygen atoms in total. The van der Waals surface area contributed by atoms with Gasteiger partial charge in [-0.05, 0) is 43.7 Å². The molecular weight excluding hydrogens is 194 g/mol. The molecule has 1 fully saturated rings. The van der Waals surface area contributed by atoms with Crippen LogP contribution >= 0.6 is 11.8 Å². The Morgan fingerprint density at radius 3 is 2.71 bits per heavy atom. The molecule has 1 aliphatic carbocycles. The molecule has 0 bridgehead atoms. The smallest absolute Gasteiger partial charge is 0.0802 e. The third-order valence-corrected chi connectivity index (χ3v) is 3.98. The molecule has 0 aromatic heterocycles. The van der Waals surface area contributed by atoms with Crippen LogP contribution in [0.4, 0.5) is 0 Å². The Kier molecular flexibility index (Phi) is 5.90. The second-order valence-corrected chi connectivity index (χ2v) is 5.36. The van der Waals surface area contributed by atoms with Gasteiger partial charge in [0, 0.05) is 13.7 Å². The topological polar surface area (TPSA) is 21.3 Å². The van der Waals surface area contributed by atoms with Gasteiger partial charge in [0.2, 0.25) is 0 Å². The van der Waals surface area contributed by atoms with E-state index in [4.69, 9.17) is 4.74 Å². The van der Waals surface area contributed by atoms with Crippen LogP contribution in [-0.4, -0.2) is 37.3 Å². The van der Waals surface area contributed by atoms with Gasteiger partial charge in [-0.3, -0.25) is 0 Å². The van der Waals surface area contributed by atoms with Gasteiger partial charge < -0.3 is 10.1 Å². The number of methoxy groups -OCH3 is 1. The monoisotopic (exact) mass is 217 g/mol. The first-order valence-corrected chi connectivity index (χ1v) is 6.82. The Labute approximate surface area is 92.2 Å². The lowest BCUT2D eigenvalue weighted by Crippen LogP contribution is -2.48. The van der Waals surface area contributed by atoms with Crippen molar-refractivity contribution in [3.63, 3.8) is 0 Å². The van der Waals surface area contributed by atoms with Crippen LogP contribution in [-0.2, 0) is 4.74 Å². The maximum absolute atomic E-state index is 5.53. The quantitative estimate of drug-likeness (QED) is 0.630. The van der Waals surface area contributed by atoms with Crippen LogP contribution in [0.25, 0.3) is 0 Å². The van der Waals surface area contributed by atoms with Crippen molar-refractivity contribution in [1.29, 1.82) is 0 Å². The summed E-state index contributed by atoms with van der Waals surface area (Å²) >= 11 is 2.02. The Hall–Kier alpha value is 0.270. The first kappa shape index (κ1) is 12.3. The number of nitrogens with one attached hydrogen (secondary N) is 1. The van der Waals surface area contributed by atoms with E-state index in [1.165, 1.54) is 37.2 Å². The van der Waals surface area contributed by atoms with Crippen molar-refractivity contribution in [1.82, 2.24) is 5.32 Å². The predicted molar refractivity (Wildman–Crippen MR) is 64.1 cm³/mol. The van der Waals surface area contributed by atoms with Crippen molar-refractivity contribution >= 4 is 11.8 Å². The number of thioether (sulfide) groups is 1. The molecule has 0 aliphatic heterocycles. The number of ether oxygens (including phenoxy) is 1. The van der Waals surface area contributed by atoms with Crippen LogP contribution in [0.3, 0.4) is 0 Å². The van der Waals surface area contributed by atoms with Gasteiger partial charge in [0.25, 0.3) is 0 Å². The Morgan fingerprint density at radius 2 is 2.21 bits per heavy atom. The fraction of sp³-hybridized carbons (Fsp3) is 1.00. The summed E-state index contributed by atoms with van der Waals surface area (Å²) in [6.07, 6.45) is 5.08. The lowest BCUT2D eigenvalue weighted by molar-refractivity contribution is -0.0691. The molecule has 1 rings (SSSR count). The molecule has 14 heavy (non-hydrogen) atoms. The highest BCUT2D eigenvalue weighted by Gasteiger charge is 2.36. The first-order valence-electron chi connectivity index (χ1n) is 5.66. The average molecular weight is 217 g/mol. The average Bonchev–Trinajstić information content (AvgIpc) is 2.15. The molecule has 0 spiro atoms. The molecule has 0 amide bonds. The van der Waals surface area contributed by atoms with Crippen LogP contribution in [0.1, 0.15) is 32.6 Å². The van der Waals surface area contributed by atoms with Gasteiger partial charge in [0.15, 0.2) is 0 Å². The summed E-state index contributed by atoms with van der Waals surface area (Å²) in [7, 11) is 1.84. The van der Waals surface area contributed by atoms with Crippen LogP contribution in [0.5, 0.6) is 0 Å². The molecule has 3 heteroatoms. The summed E-state index contributed by atoms with van der Waals surface area (Å²) in [6.45, 7) is 4.39. The van der Waals surface area contributed by atoms with Crippen LogP contribution < -0.4 is 5.32 Å². The fourth-order valence-electron chi connectivity index (χ4n) is 1.78. The van der Waals surface area contributed by atoms with E-state index in [0.717, 1.165) is 13.1 Å². The van der Waals surface area contributed by atoms with E-state index in [-0.39, 0.29) is 5.60 Å². The van der Waals surface area contributed by atoms with E-state index < -0.39 is 0 Å². The number of rotatable bonds is 8. The zero-order valence-electron chi connectivity index (χ0n) is 9.47. The summed E-state index contributed by atoms with van der Waals surface area (Å²) in [4.78, 5) is 0. The standard InChI is InChI=1S/C11H23NOS/c1-3-14-9-5-8-12-10-11(13-2)6-4-7-11/h12H,3-10H2,1-2H3. The molecule has 0 aromatic rings. The lowest BCUT2D eigenvalue weighted by Gasteiger charge is -2.40. The molecule has 0 saturated heterocycles. The molecule has 0 heterocycles. The van der Waals surface area contributed by atoms with E-state index in [1.807, 2.05) is 18.9 Å². The van der Waals surface area contributed by atoms with Gasteiger partial charge in [0.1, 0.15) is 0 Å². The van der Waals surface area contributed by atoms with Crippen LogP contribution in [0.2, 0.25) is 0 Å².